The molecule has 4 heterocycles. The highest BCUT2D eigenvalue weighted by atomic mass is 19.1. The molecule has 0 amide bonds. The molecular weight excluding hydrogens is 319 g/mol. The molecule has 1 N–H and O–H groups in total. The van der Waals surface area contributed by atoms with Gasteiger partial charge in [0, 0.05) is 23.7 Å². The number of halogens is 1. The van der Waals surface area contributed by atoms with Crippen LogP contribution in [-0.4, -0.2) is 31.1 Å². The zero-order valence-corrected chi connectivity index (χ0v) is 13.8. The lowest BCUT2D eigenvalue weighted by molar-refractivity contribution is 0.636. The molecule has 3 aromatic heterocycles. The summed E-state index contributed by atoms with van der Waals surface area (Å²) in [7, 11) is 0. The van der Waals surface area contributed by atoms with E-state index in [0.717, 1.165) is 47.8 Å². The molecular formula is C18H17FN6. The van der Waals surface area contributed by atoms with Gasteiger partial charge in [0.15, 0.2) is 5.65 Å². The Kier molecular flexibility index (Phi) is 3.03. The zero-order valence-electron chi connectivity index (χ0n) is 13.8. The smallest absolute Gasteiger partial charge is 0.165 e. The van der Waals surface area contributed by atoms with Crippen molar-refractivity contribution in [3.63, 3.8) is 0 Å². The molecule has 0 aliphatic carbocycles. The van der Waals surface area contributed by atoms with Gasteiger partial charge in [-0.2, -0.15) is 0 Å². The highest BCUT2D eigenvalue weighted by Crippen LogP contribution is 2.30. The van der Waals surface area contributed by atoms with Gasteiger partial charge in [-0.3, -0.25) is 4.40 Å². The van der Waals surface area contributed by atoms with Gasteiger partial charge in [0.25, 0.3) is 0 Å². The number of rotatable bonds is 1. The Balaban J connectivity index is 1.60. The Bertz CT molecular complexity index is 1100. The molecule has 0 unspecified atom stereocenters. The summed E-state index contributed by atoms with van der Waals surface area (Å²) in [6, 6.07) is 7.22. The van der Waals surface area contributed by atoms with Gasteiger partial charge in [-0.15, -0.1) is 10.2 Å². The lowest BCUT2D eigenvalue weighted by atomic mass is 10.1. The molecule has 5 rings (SSSR count). The van der Waals surface area contributed by atoms with E-state index in [-0.39, 0.29) is 5.82 Å². The molecule has 0 radical (unpaired) electrons. The van der Waals surface area contributed by atoms with Crippen molar-refractivity contribution >= 4 is 22.4 Å². The van der Waals surface area contributed by atoms with E-state index in [2.05, 4.69) is 20.1 Å². The standard InChI is InChI=1S/C18H17FN6/c1-11-21-16(8-17-23-20-10-25(11)17)24-7-3-5-12-13-4-2-6-14(19)18(13)22-15(12)9-24/h2,4,6,8,10,22H,3,5,7,9H2,1H3. The van der Waals surface area contributed by atoms with Crippen molar-refractivity contribution in [1.29, 1.82) is 0 Å². The van der Waals surface area contributed by atoms with Crippen LogP contribution in [-0.2, 0) is 13.0 Å². The Morgan fingerprint density at radius 2 is 2.20 bits per heavy atom. The average Bonchev–Trinajstić information content (AvgIpc) is 3.15. The van der Waals surface area contributed by atoms with Gasteiger partial charge in [-0.1, -0.05) is 12.1 Å². The van der Waals surface area contributed by atoms with Crippen molar-refractivity contribution in [1.82, 2.24) is 24.6 Å². The summed E-state index contributed by atoms with van der Waals surface area (Å²) < 4.78 is 16.0. The van der Waals surface area contributed by atoms with Crippen LogP contribution in [0.5, 0.6) is 0 Å². The number of benzene rings is 1. The maximum Gasteiger partial charge on any atom is 0.165 e. The van der Waals surface area contributed by atoms with Gasteiger partial charge in [-0.25, -0.2) is 9.37 Å². The molecule has 126 valence electrons. The van der Waals surface area contributed by atoms with Crippen LogP contribution < -0.4 is 4.90 Å². The Morgan fingerprint density at radius 3 is 3.12 bits per heavy atom. The largest absolute Gasteiger partial charge is 0.354 e. The van der Waals surface area contributed by atoms with E-state index in [1.165, 1.54) is 11.6 Å². The number of hydrogen-bond acceptors (Lipinski definition) is 4. The zero-order chi connectivity index (χ0) is 17.0. The summed E-state index contributed by atoms with van der Waals surface area (Å²) in [5, 5.41) is 9.08. The molecule has 4 aromatic rings. The number of nitrogens with one attached hydrogen (secondary N) is 1. The fraction of sp³-hybridized carbons (Fsp3) is 0.278. The van der Waals surface area contributed by atoms with Crippen molar-refractivity contribution in [3.05, 3.63) is 53.5 Å². The third kappa shape index (κ3) is 2.19. The molecule has 0 saturated carbocycles. The summed E-state index contributed by atoms with van der Waals surface area (Å²) in [5.41, 5.74) is 3.68. The minimum absolute atomic E-state index is 0.198. The molecule has 0 saturated heterocycles. The Morgan fingerprint density at radius 1 is 1.28 bits per heavy atom. The minimum atomic E-state index is -0.198. The summed E-state index contributed by atoms with van der Waals surface area (Å²) >= 11 is 0. The van der Waals surface area contributed by atoms with Gasteiger partial charge in [0.05, 0.1) is 12.1 Å². The fourth-order valence-corrected chi connectivity index (χ4v) is 3.75. The molecule has 25 heavy (non-hydrogen) atoms. The average molecular weight is 336 g/mol. The number of H-pyrrole nitrogens is 1. The van der Waals surface area contributed by atoms with Crippen molar-refractivity contribution in [2.75, 3.05) is 11.4 Å². The van der Waals surface area contributed by atoms with E-state index in [1.54, 1.807) is 12.4 Å². The van der Waals surface area contributed by atoms with Gasteiger partial charge in [-0.05, 0) is 31.4 Å². The van der Waals surface area contributed by atoms with Crippen LogP contribution in [0.4, 0.5) is 10.2 Å². The number of hydrogen-bond donors (Lipinski definition) is 1. The van der Waals surface area contributed by atoms with Crippen LogP contribution in [0.3, 0.4) is 0 Å². The molecule has 1 aliphatic heterocycles. The number of aryl methyl sites for hydroxylation is 2. The first-order valence-electron chi connectivity index (χ1n) is 8.41. The number of fused-ring (bicyclic) bond motifs is 4. The maximum absolute atomic E-state index is 14.1. The summed E-state index contributed by atoms with van der Waals surface area (Å²) in [5.74, 6) is 1.53. The van der Waals surface area contributed by atoms with Crippen LogP contribution in [0.25, 0.3) is 16.6 Å². The van der Waals surface area contributed by atoms with Crippen LogP contribution in [0.1, 0.15) is 23.5 Å². The van der Waals surface area contributed by atoms with E-state index >= 15 is 0 Å². The fourth-order valence-electron chi connectivity index (χ4n) is 3.75. The quantitative estimate of drug-likeness (QED) is 0.580. The van der Waals surface area contributed by atoms with Crippen LogP contribution >= 0.6 is 0 Å². The van der Waals surface area contributed by atoms with Gasteiger partial charge < -0.3 is 9.88 Å². The molecule has 0 spiro atoms. The van der Waals surface area contributed by atoms with E-state index in [0.29, 0.717) is 12.1 Å². The lowest BCUT2D eigenvalue weighted by Crippen LogP contribution is -2.24. The summed E-state index contributed by atoms with van der Waals surface area (Å²) in [4.78, 5) is 10.2. The third-order valence-corrected chi connectivity index (χ3v) is 4.96. The molecule has 7 heteroatoms. The van der Waals surface area contributed by atoms with Crippen molar-refractivity contribution in [3.8, 4) is 0 Å². The first-order valence-corrected chi connectivity index (χ1v) is 8.41. The minimum Gasteiger partial charge on any atom is -0.354 e. The predicted octanol–water partition coefficient (Wildman–Crippen LogP) is 3.01. The topological polar surface area (TPSA) is 62.1 Å². The number of aromatic nitrogens is 5. The van der Waals surface area contributed by atoms with Crippen LogP contribution in [0, 0.1) is 12.7 Å². The summed E-state index contributed by atoms with van der Waals surface area (Å²) in [6.45, 7) is 3.53. The van der Waals surface area contributed by atoms with Crippen molar-refractivity contribution < 1.29 is 4.39 Å². The molecule has 1 aliphatic rings. The second-order valence-electron chi connectivity index (χ2n) is 6.49. The van der Waals surface area contributed by atoms with Gasteiger partial charge in [0.1, 0.15) is 23.8 Å². The molecule has 0 fully saturated rings. The van der Waals surface area contributed by atoms with E-state index < -0.39 is 0 Å². The number of anilines is 1. The van der Waals surface area contributed by atoms with E-state index in [1.807, 2.05) is 23.5 Å². The number of aromatic amines is 1. The SMILES string of the molecule is Cc1nc(N2CCCc3c([nH]c4c(F)cccc34)C2)cc2nncn12. The first kappa shape index (κ1) is 14.4. The highest BCUT2D eigenvalue weighted by molar-refractivity contribution is 5.85. The summed E-state index contributed by atoms with van der Waals surface area (Å²) in [6.07, 6.45) is 3.60. The second kappa shape index (κ2) is 5.27. The highest BCUT2D eigenvalue weighted by Gasteiger charge is 2.21. The normalized spacial score (nSPS) is 14.9. The number of nitrogens with zero attached hydrogens (tertiary/aromatic N) is 5. The Labute approximate surface area is 143 Å². The molecule has 0 atom stereocenters. The lowest BCUT2D eigenvalue weighted by Gasteiger charge is -2.22. The van der Waals surface area contributed by atoms with Gasteiger partial charge in [0.2, 0.25) is 0 Å². The second-order valence-corrected chi connectivity index (χ2v) is 6.49. The van der Waals surface area contributed by atoms with Gasteiger partial charge >= 0.3 is 0 Å². The third-order valence-electron chi connectivity index (χ3n) is 4.96. The maximum atomic E-state index is 14.1. The van der Waals surface area contributed by atoms with E-state index in [9.17, 15) is 4.39 Å². The molecule has 0 bridgehead atoms. The Hall–Kier alpha value is -2.96. The van der Waals surface area contributed by atoms with Crippen LogP contribution in [0.2, 0.25) is 0 Å². The molecule has 1 aromatic carbocycles. The monoisotopic (exact) mass is 336 g/mol. The number of para-hydroxylation sites is 1. The van der Waals surface area contributed by atoms with Crippen molar-refractivity contribution in [2.45, 2.75) is 26.3 Å². The van der Waals surface area contributed by atoms with E-state index in [4.69, 9.17) is 4.98 Å². The van der Waals surface area contributed by atoms with Crippen molar-refractivity contribution in [2.24, 2.45) is 0 Å². The predicted molar refractivity (Wildman–Crippen MR) is 93.1 cm³/mol. The molecule has 6 nitrogen and oxygen atoms in total. The van der Waals surface area contributed by atoms with Crippen LogP contribution in [0.15, 0.2) is 30.6 Å². The first-order chi connectivity index (χ1) is 12.2.